The summed E-state index contributed by atoms with van der Waals surface area (Å²) in [5.74, 6) is 0.522. The van der Waals surface area contributed by atoms with Crippen LogP contribution in [0.15, 0.2) is 85.3 Å². The van der Waals surface area contributed by atoms with E-state index >= 15 is 0 Å². The molecule has 0 radical (unpaired) electrons. The van der Waals surface area contributed by atoms with E-state index in [1.54, 1.807) is 30.5 Å². The Kier molecular flexibility index (Phi) is 4.39. The fourth-order valence-electron chi connectivity index (χ4n) is 2.80. The summed E-state index contributed by atoms with van der Waals surface area (Å²) in [5.41, 5.74) is 2.94. The molecule has 4 rings (SSSR count). The molecule has 0 unspecified atom stereocenters. The number of nitrogens with zero attached hydrogens (tertiary/aromatic N) is 2. The second-order valence-corrected chi connectivity index (χ2v) is 5.90. The quantitative estimate of drug-likeness (QED) is 0.504. The summed E-state index contributed by atoms with van der Waals surface area (Å²) in [6.07, 6.45) is 3.18. The minimum Gasteiger partial charge on any atom is -0.487 e. The van der Waals surface area contributed by atoms with Gasteiger partial charge >= 0.3 is 0 Å². The monoisotopic (exact) mass is 340 g/mol. The highest BCUT2D eigenvalue weighted by Crippen LogP contribution is 2.27. The number of aromatic nitrogens is 2. The van der Waals surface area contributed by atoms with Crippen LogP contribution in [0.2, 0.25) is 0 Å². The molecule has 1 heterocycles. The van der Waals surface area contributed by atoms with Crippen LogP contribution in [-0.2, 0) is 6.61 Å². The summed E-state index contributed by atoms with van der Waals surface area (Å²) < 4.78 is 5.99. The van der Waals surface area contributed by atoms with Gasteiger partial charge in [0.25, 0.3) is 0 Å². The van der Waals surface area contributed by atoms with E-state index in [1.165, 1.54) is 6.33 Å². The third kappa shape index (κ3) is 3.30. The molecule has 0 aliphatic rings. The van der Waals surface area contributed by atoms with E-state index in [4.69, 9.17) is 4.74 Å². The van der Waals surface area contributed by atoms with Crippen molar-refractivity contribution in [1.82, 2.24) is 9.97 Å². The Morgan fingerprint density at radius 1 is 0.885 bits per heavy atom. The van der Waals surface area contributed by atoms with Gasteiger partial charge in [0.2, 0.25) is 0 Å². The largest absolute Gasteiger partial charge is 0.487 e. The van der Waals surface area contributed by atoms with Crippen molar-refractivity contribution in [2.24, 2.45) is 0 Å². The number of benzene rings is 3. The number of fused-ring (bicyclic) bond motifs is 1. The van der Waals surface area contributed by atoms with E-state index in [9.17, 15) is 4.79 Å². The van der Waals surface area contributed by atoms with Gasteiger partial charge in [-0.15, -0.1) is 0 Å². The van der Waals surface area contributed by atoms with Crippen LogP contribution >= 0.6 is 0 Å². The lowest BCUT2D eigenvalue weighted by Gasteiger charge is -2.11. The zero-order valence-corrected chi connectivity index (χ0v) is 14.0. The number of rotatable bonds is 5. The van der Waals surface area contributed by atoms with Gasteiger partial charge in [0.05, 0.1) is 0 Å². The highest BCUT2D eigenvalue weighted by atomic mass is 16.5. The topological polar surface area (TPSA) is 52.1 Å². The summed E-state index contributed by atoms with van der Waals surface area (Å²) in [7, 11) is 0. The molecule has 4 nitrogen and oxygen atoms in total. The van der Waals surface area contributed by atoms with Crippen LogP contribution < -0.4 is 4.74 Å². The van der Waals surface area contributed by atoms with Gasteiger partial charge in [0.1, 0.15) is 24.2 Å². The summed E-state index contributed by atoms with van der Waals surface area (Å²) >= 11 is 0. The highest BCUT2D eigenvalue weighted by Gasteiger charge is 2.14. The first kappa shape index (κ1) is 16.0. The molecule has 0 fully saturated rings. The maximum absolute atomic E-state index is 12.8. The summed E-state index contributed by atoms with van der Waals surface area (Å²) in [6, 6.07) is 22.7. The Labute approximate surface area is 151 Å². The third-order valence-corrected chi connectivity index (χ3v) is 4.11. The average molecular weight is 340 g/mol. The number of ketones is 1. The minimum atomic E-state index is -0.0547. The Morgan fingerprint density at radius 2 is 1.62 bits per heavy atom. The Hall–Kier alpha value is -3.53. The SMILES string of the molecule is O=C(c1ccccc1)c1cc(OCc2ccccc2)c2ncncc2c1. The van der Waals surface area contributed by atoms with Crippen LogP contribution in [0.3, 0.4) is 0 Å². The highest BCUT2D eigenvalue weighted by molar-refractivity contribution is 6.11. The second-order valence-electron chi connectivity index (χ2n) is 5.90. The van der Waals surface area contributed by atoms with Gasteiger partial charge < -0.3 is 4.74 Å². The molecule has 4 aromatic rings. The molecule has 26 heavy (non-hydrogen) atoms. The number of carbonyl (C=O) groups is 1. The number of ether oxygens (including phenoxy) is 1. The van der Waals surface area contributed by atoms with Crippen molar-refractivity contribution in [2.75, 3.05) is 0 Å². The Bertz CT molecular complexity index is 1050. The minimum absolute atomic E-state index is 0.0547. The van der Waals surface area contributed by atoms with E-state index < -0.39 is 0 Å². The molecule has 126 valence electrons. The van der Waals surface area contributed by atoms with Crippen LogP contribution in [0.4, 0.5) is 0 Å². The van der Waals surface area contributed by atoms with E-state index in [0.717, 1.165) is 10.9 Å². The molecule has 1 aromatic heterocycles. The fourth-order valence-corrected chi connectivity index (χ4v) is 2.80. The molecule has 0 saturated heterocycles. The lowest BCUT2D eigenvalue weighted by molar-refractivity contribution is 0.103. The Morgan fingerprint density at radius 3 is 2.38 bits per heavy atom. The van der Waals surface area contributed by atoms with E-state index in [2.05, 4.69) is 9.97 Å². The summed E-state index contributed by atoms with van der Waals surface area (Å²) in [6.45, 7) is 0.406. The molecule has 0 aliphatic heterocycles. The van der Waals surface area contributed by atoms with Crippen LogP contribution in [0.25, 0.3) is 10.9 Å². The first-order chi connectivity index (χ1) is 12.8. The summed E-state index contributed by atoms with van der Waals surface area (Å²) in [5, 5.41) is 0.775. The van der Waals surface area contributed by atoms with E-state index in [1.807, 2.05) is 48.5 Å². The zero-order valence-electron chi connectivity index (χ0n) is 14.0. The lowest BCUT2D eigenvalue weighted by Crippen LogP contribution is -2.03. The van der Waals surface area contributed by atoms with E-state index in [0.29, 0.717) is 29.0 Å². The smallest absolute Gasteiger partial charge is 0.193 e. The number of hydrogen-bond acceptors (Lipinski definition) is 4. The fraction of sp³-hybridized carbons (Fsp3) is 0.0455. The van der Waals surface area contributed by atoms with Crippen molar-refractivity contribution in [2.45, 2.75) is 6.61 Å². The maximum atomic E-state index is 12.8. The van der Waals surface area contributed by atoms with E-state index in [-0.39, 0.29) is 5.78 Å². The van der Waals surface area contributed by atoms with Crippen LogP contribution in [0.1, 0.15) is 21.5 Å². The molecule has 0 amide bonds. The van der Waals surface area contributed by atoms with Gasteiger partial charge in [-0.2, -0.15) is 0 Å². The molecular weight excluding hydrogens is 324 g/mol. The van der Waals surface area contributed by atoms with Gasteiger partial charge in [-0.05, 0) is 17.7 Å². The molecule has 0 saturated carbocycles. The van der Waals surface area contributed by atoms with Crippen molar-refractivity contribution >= 4 is 16.7 Å². The number of carbonyl (C=O) groups excluding carboxylic acids is 1. The van der Waals surface area contributed by atoms with Gasteiger partial charge in [0.15, 0.2) is 5.78 Å². The maximum Gasteiger partial charge on any atom is 0.193 e. The third-order valence-electron chi connectivity index (χ3n) is 4.11. The lowest BCUT2D eigenvalue weighted by atomic mass is 10.0. The molecule has 0 spiro atoms. The van der Waals surface area contributed by atoms with Crippen molar-refractivity contribution in [3.05, 3.63) is 102 Å². The molecule has 0 bridgehead atoms. The summed E-state index contributed by atoms with van der Waals surface area (Å²) in [4.78, 5) is 21.2. The van der Waals surface area contributed by atoms with Crippen LogP contribution in [-0.4, -0.2) is 15.8 Å². The molecule has 0 atom stereocenters. The standard InChI is InChI=1S/C22H16N2O2/c25-22(17-9-5-2-6-10-17)18-11-19-13-23-15-24-21(19)20(12-18)26-14-16-7-3-1-4-8-16/h1-13,15H,14H2. The Balaban J connectivity index is 1.72. The van der Waals surface area contributed by atoms with Crippen LogP contribution in [0, 0.1) is 0 Å². The second kappa shape index (κ2) is 7.15. The molecule has 3 aromatic carbocycles. The van der Waals surface area contributed by atoms with Crippen molar-refractivity contribution in [1.29, 1.82) is 0 Å². The molecule has 0 N–H and O–H groups in total. The molecular formula is C22H16N2O2. The normalized spacial score (nSPS) is 10.6. The van der Waals surface area contributed by atoms with Gasteiger partial charge in [-0.1, -0.05) is 60.7 Å². The van der Waals surface area contributed by atoms with Crippen molar-refractivity contribution in [3.8, 4) is 5.75 Å². The predicted molar refractivity (Wildman–Crippen MR) is 100 cm³/mol. The first-order valence-corrected chi connectivity index (χ1v) is 8.31. The molecule has 4 heteroatoms. The zero-order chi connectivity index (χ0) is 17.8. The molecule has 0 aliphatic carbocycles. The predicted octanol–water partition coefficient (Wildman–Crippen LogP) is 4.44. The first-order valence-electron chi connectivity index (χ1n) is 8.31. The van der Waals surface area contributed by atoms with Crippen molar-refractivity contribution in [3.63, 3.8) is 0 Å². The average Bonchev–Trinajstić information content (AvgIpc) is 2.72. The van der Waals surface area contributed by atoms with Gasteiger partial charge in [0, 0.05) is 22.7 Å². The van der Waals surface area contributed by atoms with Crippen molar-refractivity contribution < 1.29 is 9.53 Å². The number of hydrogen-bond donors (Lipinski definition) is 0. The van der Waals surface area contributed by atoms with Gasteiger partial charge in [-0.25, -0.2) is 9.97 Å². The van der Waals surface area contributed by atoms with Gasteiger partial charge in [-0.3, -0.25) is 4.79 Å². The van der Waals surface area contributed by atoms with Crippen LogP contribution in [0.5, 0.6) is 5.75 Å².